The molecular weight excluding hydrogens is 236 g/mol. The third-order valence-corrected chi connectivity index (χ3v) is 2.46. The number of amides is 1. The number of carbonyl (C=O) groups is 1. The summed E-state index contributed by atoms with van der Waals surface area (Å²) < 4.78 is 5.25. The lowest BCUT2D eigenvalue weighted by molar-refractivity contribution is 0.0947. The SMILES string of the molecule is Cc1cnc(CNC(=O)c2cccc(S)c2)o1. The van der Waals surface area contributed by atoms with Crippen LogP contribution in [0.25, 0.3) is 0 Å². The van der Waals surface area contributed by atoms with E-state index < -0.39 is 0 Å². The van der Waals surface area contributed by atoms with Crippen LogP contribution in [0, 0.1) is 6.92 Å². The monoisotopic (exact) mass is 248 g/mol. The maximum atomic E-state index is 11.8. The van der Waals surface area contributed by atoms with Gasteiger partial charge in [0.2, 0.25) is 5.89 Å². The fourth-order valence-electron chi connectivity index (χ4n) is 1.39. The van der Waals surface area contributed by atoms with Gasteiger partial charge in [-0.05, 0) is 25.1 Å². The van der Waals surface area contributed by atoms with Gasteiger partial charge in [-0.1, -0.05) is 6.07 Å². The summed E-state index contributed by atoms with van der Waals surface area (Å²) in [4.78, 5) is 16.5. The Morgan fingerprint density at radius 2 is 2.35 bits per heavy atom. The minimum atomic E-state index is -0.170. The summed E-state index contributed by atoms with van der Waals surface area (Å²) in [5.74, 6) is 1.06. The van der Waals surface area contributed by atoms with Gasteiger partial charge in [0.15, 0.2) is 0 Å². The zero-order chi connectivity index (χ0) is 12.3. The van der Waals surface area contributed by atoms with Crippen LogP contribution in [0.15, 0.2) is 39.8 Å². The zero-order valence-electron chi connectivity index (χ0n) is 9.30. The van der Waals surface area contributed by atoms with Crippen molar-refractivity contribution in [1.29, 1.82) is 0 Å². The highest BCUT2D eigenvalue weighted by molar-refractivity contribution is 7.80. The van der Waals surface area contributed by atoms with E-state index in [0.717, 1.165) is 10.7 Å². The smallest absolute Gasteiger partial charge is 0.251 e. The Hall–Kier alpha value is -1.75. The van der Waals surface area contributed by atoms with Gasteiger partial charge < -0.3 is 9.73 Å². The summed E-state index contributed by atoms with van der Waals surface area (Å²) in [7, 11) is 0. The molecule has 1 aromatic carbocycles. The predicted molar refractivity (Wildman–Crippen MR) is 66.1 cm³/mol. The van der Waals surface area contributed by atoms with Crippen molar-refractivity contribution >= 4 is 18.5 Å². The van der Waals surface area contributed by atoms with Crippen LogP contribution in [0.4, 0.5) is 0 Å². The van der Waals surface area contributed by atoms with Crippen molar-refractivity contribution in [2.75, 3.05) is 0 Å². The Bertz CT molecular complexity index is 537. The van der Waals surface area contributed by atoms with Crippen LogP contribution in [0.2, 0.25) is 0 Å². The van der Waals surface area contributed by atoms with Gasteiger partial charge in [0.1, 0.15) is 5.76 Å². The highest BCUT2D eigenvalue weighted by atomic mass is 32.1. The van der Waals surface area contributed by atoms with Crippen molar-refractivity contribution in [3.63, 3.8) is 0 Å². The Morgan fingerprint density at radius 1 is 1.53 bits per heavy atom. The Kier molecular flexibility index (Phi) is 3.49. The quantitative estimate of drug-likeness (QED) is 0.819. The average molecular weight is 248 g/mol. The molecule has 0 bridgehead atoms. The molecule has 17 heavy (non-hydrogen) atoms. The van der Waals surface area contributed by atoms with Gasteiger partial charge in [0.25, 0.3) is 5.91 Å². The first-order chi connectivity index (χ1) is 8.15. The zero-order valence-corrected chi connectivity index (χ0v) is 10.2. The van der Waals surface area contributed by atoms with E-state index in [2.05, 4.69) is 22.9 Å². The Labute approximate surface area is 104 Å². The number of nitrogens with one attached hydrogen (secondary N) is 1. The number of oxazole rings is 1. The largest absolute Gasteiger partial charge is 0.444 e. The maximum absolute atomic E-state index is 11.8. The minimum absolute atomic E-state index is 0.170. The molecule has 0 aliphatic heterocycles. The normalized spacial score (nSPS) is 10.2. The van der Waals surface area contributed by atoms with E-state index in [4.69, 9.17) is 4.42 Å². The van der Waals surface area contributed by atoms with E-state index in [1.165, 1.54) is 0 Å². The van der Waals surface area contributed by atoms with E-state index in [9.17, 15) is 4.79 Å². The molecule has 0 aliphatic rings. The van der Waals surface area contributed by atoms with Crippen molar-refractivity contribution in [3.05, 3.63) is 47.7 Å². The van der Waals surface area contributed by atoms with Crippen LogP contribution in [-0.2, 0) is 6.54 Å². The van der Waals surface area contributed by atoms with Crippen LogP contribution in [0.5, 0.6) is 0 Å². The van der Waals surface area contributed by atoms with Gasteiger partial charge in [-0.25, -0.2) is 4.98 Å². The summed E-state index contributed by atoms with van der Waals surface area (Å²) in [6.07, 6.45) is 1.62. The van der Waals surface area contributed by atoms with Crippen molar-refractivity contribution in [2.24, 2.45) is 0 Å². The molecule has 2 aromatic rings. The molecule has 88 valence electrons. The fourth-order valence-corrected chi connectivity index (χ4v) is 1.61. The second-order valence-corrected chi connectivity index (χ2v) is 4.11. The molecule has 1 N–H and O–H groups in total. The molecular formula is C12H12N2O2S. The van der Waals surface area contributed by atoms with E-state index in [0.29, 0.717) is 11.5 Å². The average Bonchev–Trinajstić information content (AvgIpc) is 2.72. The fraction of sp³-hybridized carbons (Fsp3) is 0.167. The van der Waals surface area contributed by atoms with Gasteiger partial charge in [-0.15, -0.1) is 12.6 Å². The molecule has 4 nitrogen and oxygen atoms in total. The van der Waals surface area contributed by atoms with Crippen molar-refractivity contribution in [1.82, 2.24) is 10.3 Å². The molecule has 1 amide bonds. The molecule has 0 saturated carbocycles. The van der Waals surface area contributed by atoms with Gasteiger partial charge in [0.05, 0.1) is 12.7 Å². The minimum Gasteiger partial charge on any atom is -0.444 e. The number of benzene rings is 1. The topological polar surface area (TPSA) is 55.1 Å². The highest BCUT2D eigenvalue weighted by Crippen LogP contribution is 2.09. The number of carbonyl (C=O) groups excluding carboxylic acids is 1. The molecule has 0 spiro atoms. The van der Waals surface area contributed by atoms with Crippen LogP contribution in [0.3, 0.4) is 0 Å². The Balaban J connectivity index is 1.98. The number of aryl methyl sites for hydroxylation is 1. The van der Waals surface area contributed by atoms with Crippen molar-refractivity contribution < 1.29 is 9.21 Å². The third kappa shape index (κ3) is 3.10. The second kappa shape index (κ2) is 5.05. The number of nitrogens with zero attached hydrogens (tertiary/aromatic N) is 1. The first kappa shape index (κ1) is 11.7. The number of hydrogen-bond donors (Lipinski definition) is 2. The van der Waals surface area contributed by atoms with Gasteiger partial charge in [-0.3, -0.25) is 4.79 Å². The summed E-state index contributed by atoms with van der Waals surface area (Å²) >= 11 is 4.18. The summed E-state index contributed by atoms with van der Waals surface area (Å²) in [5.41, 5.74) is 0.570. The molecule has 0 saturated heterocycles. The van der Waals surface area contributed by atoms with Gasteiger partial charge >= 0.3 is 0 Å². The van der Waals surface area contributed by atoms with Crippen LogP contribution < -0.4 is 5.32 Å². The molecule has 0 unspecified atom stereocenters. The molecule has 2 rings (SSSR count). The Morgan fingerprint density at radius 3 is 3.00 bits per heavy atom. The summed E-state index contributed by atoms with van der Waals surface area (Å²) in [6.45, 7) is 2.09. The molecule has 5 heteroatoms. The van der Waals surface area contributed by atoms with E-state index >= 15 is 0 Å². The first-order valence-electron chi connectivity index (χ1n) is 5.13. The second-order valence-electron chi connectivity index (χ2n) is 3.60. The lowest BCUT2D eigenvalue weighted by Gasteiger charge is -2.03. The summed E-state index contributed by atoms with van der Waals surface area (Å²) in [5, 5.41) is 2.73. The lowest BCUT2D eigenvalue weighted by Crippen LogP contribution is -2.22. The van der Waals surface area contributed by atoms with Crippen molar-refractivity contribution in [2.45, 2.75) is 18.4 Å². The molecule has 0 atom stereocenters. The number of rotatable bonds is 3. The highest BCUT2D eigenvalue weighted by Gasteiger charge is 2.07. The van der Waals surface area contributed by atoms with Crippen LogP contribution in [0.1, 0.15) is 22.0 Å². The van der Waals surface area contributed by atoms with E-state index in [1.807, 2.05) is 13.0 Å². The first-order valence-corrected chi connectivity index (χ1v) is 5.58. The summed E-state index contributed by atoms with van der Waals surface area (Å²) in [6, 6.07) is 7.04. The molecule has 0 fully saturated rings. The number of thiol groups is 1. The molecule has 0 radical (unpaired) electrons. The number of hydrogen-bond acceptors (Lipinski definition) is 4. The lowest BCUT2D eigenvalue weighted by atomic mass is 10.2. The molecule has 1 heterocycles. The van der Waals surface area contributed by atoms with Crippen LogP contribution in [-0.4, -0.2) is 10.9 Å². The van der Waals surface area contributed by atoms with E-state index in [1.54, 1.807) is 24.4 Å². The molecule has 0 aliphatic carbocycles. The number of aromatic nitrogens is 1. The van der Waals surface area contributed by atoms with E-state index in [-0.39, 0.29) is 12.5 Å². The van der Waals surface area contributed by atoms with Crippen molar-refractivity contribution in [3.8, 4) is 0 Å². The standard InChI is InChI=1S/C12H12N2O2S/c1-8-6-13-11(16-8)7-14-12(15)9-3-2-4-10(17)5-9/h2-6,17H,7H2,1H3,(H,14,15). The van der Waals surface area contributed by atoms with Gasteiger partial charge in [-0.2, -0.15) is 0 Å². The molecule has 1 aromatic heterocycles. The van der Waals surface area contributed by atoms with Gasteiger partial charge in [0, 0.05) is 10.5 Å². The maximum Gasteiger partial charge on any atom is 0.251 e. The predicted octanol–water partition coefficient (Wildman–Crippen LogP) is 2.20. The van der Waals surface area contributed by atoms with Crippen LogP contribution >= 0.6 is 12.6 Å². The third-order valence-electron chi connectivity index (χ3n) is 2.18.